The minimum atomic E-state index is -0.298. The molecular weight excluding hydrogens is 284 g/mol. The Morgan fingerprint density at radius 3 is 2.76 bits per heavy atom. The molecule has 1 aromatic heterocycles. The molecule has 0 amide bonds. The molecule has 2 aromatic rings. The zero-order chi connectivity index (χ0) is 15.1. The van der Waals surface area contributed by atoms with Gasteiger partial charge in [-0.2, -0.15) is 0 Å². The molecule has 2 rings (SSSR count). The molecule has 1 unspecified atom stereocenters. The van der Waals surface area contributed by atoms with Gasteiger partial charge in [0.25, 0.3) is 5.69 Å². The number of para-hydroxylation sites is 1. The first-order valence-electron chi connectivity index (χ1n) is 7.12. The first-order chi connectivity index (χ1) is 10.2. The maximum Gasteiger partial charge on any atom is 0.272 e. The fraction of sp³-hybridized carbons (Fsp3) is 0.375. The van der Waals surface area contributed by atoms with Gasteiger partial charge in [-0.25, -0.2) is 0 Å². The number of nitro groups is 1. The third-order valence-electron chi connectivity index (χ3n) is 3.62. The minimum Gasteiger partial charge on any atom is -0.317 e. The summed E-state index contributed by atoms with van der Waals surface area (Å²) in [5, 5.41) is 16.4. The number of benzene rings is 1. The maximum absolute atomic E-state index is 11.0. The van der Waals surface area contributed by atoms with Crippen LogP contribution < -0.4 is 5.32 Å². The molecule has 0 saturated heterocycles. The van der Waals surface area contributed by atoms with E-state index in [0.717, 1.165) is 24.8 Å². The van der Waals surface area contributed by atoms with E-state index >= 15 is 0 Å². The fourth-order valence-corrected chi connectivity index (χ4v) is 3.20. The molecule has 0 aliphatic carbocycles. The molecule has 0 aliphatic heterocycles. The van der Waals surface area contributed by atoms with Crippen molar-refractivity contribution < 1.29 is 4.92 Å². The van der Waals surface area contributed by atoms with E-state index in [1.165, 1.54) is 4.88 Å². The van der Waals surface area contributed by atoms with Gasteiger partial charge < -0.3 is 5.32 Å². The van der Waals surface area contributed by atoms with Gasteiger partial charge in [0.15, 0.2) is 0 Å². The van der Waals surface area contributed by atoms with E-state index in [0.29, 0.717) is 6.42 Å². The molecule has 1 aromatic carbocycles. The predicted molar refractivity (Wildman–Crippen MR) is 86.9 cm³/mol. The lowest BCUT2D eigenvalue weighted by atomic mass is 9.99. The van der Waals surface area contributed by atoms with E-state index < -0.39 is 0 Å². The fourth-order valence-electron chi connectivity index (χ4n) is 2.45. The van der Waals surface area contributed by atoms with E-state index in [2.05, 4.69) is 22.8 Å². The van der Waals surface area contributed by atoms with Gasteiger partial charge in [-0.3, -0.25) is 10.1 Å². The van der Waals surface area contributed by atoms with E-state index in [-0.39, 0.29) is 16.7 Å². The second-order valence-corrected chi connectivity index (χ2v) is 6.08. The highest BCUT2D eigenvalue weighted by Gasteiger charge is 2.16. The summed E-state index contributed by atoms with van der Waals surface area (Å²) in [6, 6.07) is 11.5. The van der Waals surface area contributed by atoms with Crippen LogP contribution in [0.5, 0.6) is 0 Å². The molecule has 1 N–H and O–H groups in total. The first kappa shape index (κ1) is 15.7. The quantitative estimate of drug-likeness (QED) is 0.596. The Hall–Kier alpha value is -1.72. The van der Waals surface area contributed by atoms with Crippen molar-refractivity contribution in [3.8, 4) is 0 Å². The summed E-state index contributed by atoms with van der Waals surface area (Å²) >= 11 is 1.78. The van der Waals surface area contributed by atoms with E-state index in [1.807, 2.05) is 19.2 Å². The van der Waals surface area contributed by atoms with Crippen LogP contribution in [-0.4, -0.2) is 18.0 Å². The Labute approximate surface area is 129 Å². The number of nitro benzene ring substituents is 1. The Morgan fingerprint density at radius 1 is 1.29 bits per heavy atom. The predicted octanol–water partition coefficient (Wildman–Crippen LogP) is 3.81. The minimum absolute atomic E-state index is 0.219. The van der Waals surface area contributed by atoms with Gasteiger partial charge in [0.05, 0.1) is 4.92 Å². The van der Waals surface area contributed by atoms with Crippen molar-refractivity contribution in [1.29, 1.82) is 0 Å². The number of nitrogens with zero attached hydrogens (tertiary/aromatic N) is 1. The van der Waals surface area contributed by atoms with Crippen LogP contribution in [0.1, 0.15) is 23.3 Å². The van der Waals surface area contributed by atoms with Crippen LogP contribution in [0, 0.1) is 10.1 Å². The van der Waals surface area contributed by atoms with Gasteiger partial charge in [-0.05, 0) is 44.2 Å². The summed E-state index contributed by atoms with van der Waals surface area (Å²) in [6.07, 6.45) is 3.87. The number of hydrogen-bond acceptors (Lipinski definition) is 4. The standard InChI is InChI=1S/C16H20N2O2S/c1-17-14(7-4-8-15-9-5-11-21-15)12-13-6-2-3-10-16(13)18(19)20/h2-3,5-6,9-11,14,17H,4,7-8,12H2,1H3. The molecule has 0 radical (unpaired) electrons. The molecule has 4 nitrogen and oxygen atoms in total. The summed E-state index contributed by atoms with van der Waals surface area (Å²) in [7, 11) is 1.92. The highest BCUT2D eigenvalue weighted by molar-refractivity contribution is 7.09. The van der Waals surface area contributed by atoms with E-state index in [1.54, 1.807) is 23.5 Å². The topological polar surface area (TPSA) is 55.2 Å². The first-order valence-corrected chi connectivity index (χ1v) is 8.00. The third-order valence-corrected chi connectivity index (χ3v) is 4.55. The van der Waals surface area contributed by atoms with Crippen molar-refractivity contribution in [2.45, 2.75) is 31.7 Å². The molecule has 21 heavy (non-hydrogen) atoms. The molecular formula is C16H20N2O2S. The SMILES string of the molecule is CNC(CCCc1cccs1)Cc1ccccc1[N+](=O)[O-]. The van der Waals surface area contributed by atoms with Gasteiger partial charge in [0.2, 0.25) is 0 Å². The second-order valence-electron chi connectivity index (χ2n) is 5.05. The van der Waals surface area contributed by atoms with Gasteiger partial charge in [0.1, 0.15) is 0 Å². The van der Waals surface area contributed by atoms with Crippen molar-refractivity contribution in [2.75, 3.05) is 7.05 Å². The highest BCUT2D eigenvalue weighted by Crippen LogP contribution is 2.21. The summed E-state index contributed by atoms with van der Waals surface area (Å²) in [5.74, 6) is 0. The molecule has 1 atom stereocenters. The molecule has 5 heteroatoms. The Morgan fingerprint density at radius 2 is 2.10 bits per heavy atom. The largest absolute Gasteiger partial charge is 0.317 e. The van der Waals surface area contributed by atoms with Crippen molar-refractivity contribution in [3.63, 3.8) is 0 Å². The highest BCUT2D eigenvalue weighted by atomic mass is 32.1. The summed E-state index contributed by atoms with van der Waals surface area (Å²) < 4.78 is 0. The van der Waals surface area contributed by atoms with Crippen molar-refractivity contribution in [2.24, 2.45) is 0 Å². The van der Waals surface area contributed by atoms with Crippen LogP contribution in [0.4, 0.5) is 5.69 Å². The van der Waals surface area contributed by atoms with Crippen LogP contribution >= 0.6 is 11.3 Å². The number of aryl methyl sites for hydroxylation is 1. The number of thiophene rings is 1. The molecule has 0 spiro atoms. The summed E-state index contributed by atoms with van der Waals surface area (Å²) in [4.78, 5) is 12.1. The molecule has 0 fully saturated rings. The number of likely N-dealkylation sites (N-methyl/N-ethyl adjacent to an activating group) is 1. The number of nitrogens with one attached hydrogen (secondary N) is 1. The Balaban J connectivity index is 1.91. The molecule has 0 aliphatic rings. The van der Waals surface area contributed by atoms with E-state index in [4.69, 9.17) is 0 Å². The lowest BCUT2D eigenvalue weighted by molar-refractivity contribution is -0.385. The summed E-state index contributed by atoms with van der Waals surface area (Å²) in [6.45, 7) is 0. The van der Waals surface area contributed by atoms with Gasteiger partial charge in [0, 0.05) is 22.5 Å². The molecule has 0 saturated carbocycles. The van der Waals surface area contributed by atoms with Crippen LogP contribution in [0.25, 0.3) is 0 Å². The van der Waals surface area contributed by atoms with Crippen LogP contribution in [0.15, 0.2) is 41.8 Å². The number of rotatable bonds is 8. The van der Waals surface area contributed by atoms with Crippen LogP contribution in [0.3, 0.4) is 0 Å². The normalized spacial score (nSPS) is 12.2. The van der Waals surface area contributed by atoms with Crippen LogP contribution in [0.2, 0.25) is 0 Å². The van der Waals surface area contributed by atoms with Gasteiger partial charge >= 0.3 is 0 Å². The van der Waals surface area contributed by atoms with E-state index in [9.17, 15) is 10.1 Å². The zero-order valence-corrected chi connectivity index (χ0v) is 12.9. The third kappa shape index (κ3) is 4.65. The van der Waals surface area contributed by atoms with Crippen LogP contribution in [-0.2, 0) is 12.8 Å². The summed E-state index contributed by atoms with van der Waals surface area (Å²) in [5.41, 5.74) is 1.02. The average molecular weight is 304 g/mol. The monoisotopic (exact) mass is 304 g/mol. The zero-order valence-electron chi connectivity index (χ0n) is 12.1. The Bertz CT molecular complexity index is 569. The Kier molecular flexibility index (Phi) is 5.90. The molecule has 0 bridgehead atoms. The van der Waals surface area contributed by atoms with Crippen molar-refractivity contribution in [3.05, 3.63) is 62.3 Å². The van der Waals surface area contributed by atoms with Crippen molar-refractivity contribution >= 4 is 17.0 Å². The maximum atomic E-state index is 11.0. The van der Waals surface area contributed by atoms with Gasteiger partial charge in [-0.1, -0.05) is 24.3 Å². The lowest BCUT2D eigenvalue weighted by Gasteiger charge is -2.16. The lowest BCUT2D eigenvalue weighted by Crippen LogP contribution is -2.27. The molecule has 112 valence electrons. The second kappa shape index (κ2) is 7.90. The number of hydrogen-bond donors (Lipinski definition) is 1. The van der Waals surface area contributed by atoms with Crippen molar-refractivity contribution in [1.82, 2.24) is 5.32 Å². The average Bonchev–Trinajstić information content (AvgIpc) is 2.99. The smallest absolute Gasteiger partial charge is 0.272 e. The van der Waals surface area contributed by atoms with Gasteiger partial charge in [-0.15, -0.1) is 11.3 Å². The molecule has 1 heterocycles.